The van der Waals surface area contributed by atoms with E-state index in [-0.39, 0.29) is 23.8 Å². The maximum atomic E-state index is 13.4. The van der Waals surface area contributed by atoms with E-state index in [0.29, 0.717) is 17.3 Å². The number of halogens is 1. The maximum Gasteiger partial charge on any atom is 0.307 e. The predicted molar refractivity (Wildman–Crippen MR) is 126 cm³/mol. The summed E-state index contributed by atoms with van der Waals surface area (Å²) in [5.74, 6) is -0.652. The fraction of sp³-hybridized carbons (Fsp3) is 0.333. The highest BCUT2D eigenvalue weighted by Gasteiger charge is 2.27. The van der Waals surface area contributed by atoms with Crippen LogP contribution in [0.1, 0.15) is 44.3 Å². The number of amides is 1. The number of carbonyl (C=O) groups excluding carboxylic acids is 2. The van der Waals surface area contributed by atoms with Gasteiger partial charge in [0.05, 0.1) is 36.8 Å². The van der Waals surface area contributed by atoms with Gasteiger partial charge in [-0.05, 0) is 42.2 Å². The number of benzene rings is 2. The maximum absolute atomic E-state index is 13.4. The van der Waals surface area contributed by atoms with Crippen molar-refractivity contribution in [1.82, 2.24) is 14.9 Å². The summed E-state index contributed by atoms with van der Waals surface area (Å²) in [7, 11) is 1.31. The van der Waals surface area contributed by atoms with Gasteiger partial charge in [0.2, 0.25) is 5.91 Å². The molecule has 0 saturated heterocycles. The number of carbonyl (C=O) groups is 2. The quantitative estimate of drug-likeness (QED) is 0.469. The Morgan fingerprint density at radius 3 is 2.59 bits per heavy atom. The first-order valence-electron chi connectivity index (χ1n) is 10.4. The molecular formula is C24H26BrN3O4. The third kappa shape index (κ3) is 5.62. The molecule has 0 aliphatic heterocycles. The van der Waals surface area contributed by atoms with E-state index >= 15 is 0 Å². The van der Waals surface area contributed by atoms with E-state index < -0.39 is 18.1 Å². The Hall–Kier alpha value is -3.00. The molecule has 2 atom stereocenters. The van der Waals surface area contributed by atoms with Crippen LogP contribution in [-0.2, 0) is 14.3 Å². The highest BCUT2D eigenvalue weighted by Crippen LogP contribution is 2.24. The SMILES string of the molecule is COC(=O)CC(NC(=O)[C@H](CC(C)C)n1cnc2ccccc2c1=O)c1cccc(Br)c1. The number of esters is 1. The number of methoxy groups -OCH3 is 1. The highest BCUT2D eigenvalue weighted by atomic mass is 79.9. The number of hydrogen-bond acceptors (Lipinski definition) is 5. The second-order valence-electron chi connectivity index (χ2n) is 8.02. The molecule has 3 rings (SSSR count). The Balaban J connectivity index is 1.98. The predicted octanol–water partition coefficient (Wildman–Crippen LogP) is 4.17. The Kier molecular flexibility index (Phi) is 7.80. The van der Waals surface area contributed by atoms with Crippen LogP contribution in [0.25, 0.3) is 10.9 Å². The molecule has 168 valence electrons. The van der Waals surface area contributed by atoms with E-state index in [1.54, 1.807) is 18.2 Å². The van der Waals surface area contributed by atoms with Gasteiger partial charge < -0.3 is 10.1 Å². The van der Waals surface area contributed by atoms with Crippen LogP contribution in [0.3, 0.4) is 0 Å². The number of hydrogen-bond donors (Lipinski definition) is 1. The van der Waals surface area contributed by atoms with E-state index in [2.05, 4.69) is 26.2 Å². The lowest BCUT2D eigenvalue weighted by molar-refractivity contribution is -0.141. The number of para-hydroxylation sites is 1. The van der Waals surface area contributed by atoms with Crippen molar-refractivity contribution in [3.8, 4) is 0 Å². The number of aromatic nitrogens is 2. The van der Waals surface area contributed by atoms with Gasteiger partial charge in [-0.25, -0.2) is 4.98 Å². The van der Waals surface area contributed by atoms with Gasteiger partial charge >= 0.3 is 5.97 Å². The monoisotopic (exact) mass is 499 g/mol. The Morgan fingerprint density at radius 1 is 1.16 bits per heavy atom. The third-order valence-electron chi connectivity index (χ3n) is 5.19. The smallest absolute Gasteiger partial charge is 0.307 e. The summed E-state index contributed by atoms with van der Waals surface area (Å²) in [4.78, 5) is 43.0. The average Bonchev–Trinajstić information content (AvgIpc) is 2.77. The minimum atomic E-state index is -0.771. The fourth-order valence-electron chi connectivity index (χ4n) is 3.59. The van der Waals surface area contributed by atoms with E-state index in [1.807, 2.05) is 44.2 Å². The molecule has 0 radical (unpaired) electrons. The van der Waals surface area contributed by atoms with Crippen molar-refractivity contribution in [3.05, 3.63) is 75.2 Å². The Labute approximate surface area is 194 Å². The Morgan fingerprint density at radius 2 is 1.91 bits per heavy atom. The summed E-state index contributed by atoms with van der Waals surface area (Å²) in [6.45, 7) is 3.97. The lowest BCUT2D eigenvalue weighted by Crippen LogP contribution is -2.40. The summed E-state index contributed by atoms with van der Waals surface area (Å²) in [6.07, 6.45) is 1.83. The summed E-state index contributed by atoms with van der Waals surface area (Å²) in [5, 5.41) is 3.41. The van der Waals surface area contributed by atoms with E-state index in [9.17, 15) is 14.4 Å². The molecule has 2 aromatic carbocycles. The zero-order valence-electron chi connectivity index (χ0n) is 18.2. The minimum Gasteiger partial charge on any atom is -0.469 e. The zero-order valence-corrected chi connectivity index (χ0v) is 19.8. The van der Waals surface area contributed by atoms with Crippen LogP contribution in [0, 0.1) is 5.92 Å². The van der Waals surface area contributed by atoms with Crippen molar-refractivity contribution < 1.29 is 14.3 Å². The topological polar surface area (TPSA) is 90.3 Å². The second-order valence-corrected chi connectivity index (χ2v) is 8.93. The largest absolute Gasteiger partial charge is 0.469 e. The van der Waals surface area contributed by atoms with Crippen molar-refractivity contribution in [2.75, 3.05) is 7.11 Å². The van der Waals surface area contributed by atoms with E-state index in [0.717, 1.165) is 10.0 Å². The van der Waals surface area contributed by atoms with Gasteiger partial charge in [-0.1, -0.05) is 54.0 Å². The molecule has 3 aromatic rings. The standard InChI is InChI=1S/C24H26BrN3O4/c1-15(2)11-21(28-14-26-19-10-5-4-9-18(19)24(28)31)23(30)27-20(13-22(29)32-3)16-7-6-8-17(25)12-16/h4-10,12,14-15,20-21H,11,13H2,1-3H3,(H,27,30)/t20?,21-/m0/s1. The molecule has 0 aliphatic rings. The first-order valence-corrected chi connectivity index (χ1v) is 11.2. The van der Waals surface area contributed by atoms with Crippen molar-refractivity contribution in [2.24, 2.45) is 5.92 Å². The average molecular weight is 500 g/mol. The number of rotatable bonds is 8. The molecule has 0 fully saturated rings. The summed E-state index contributed by atoms with van der Waals surface area (Å²) in [5.41, 5.74) is 1.06. The van der Waals surface area contributed by atoms with Gasteiger partial charge in [-0.3, -0.25) is 19.0 Å². The van der Waals surface area contributed by atoms with Crippen LogP contribution >= 0.6 is 15.9 Å². The van der Waals surface area contributed by atoms with Crippen LogP contribution in [0.15, 0.2) is 64.1 Å². The molecule has 0 saturated carbocycles. The lowest BCUT2D eigenvalue weighted by Gasteiger charge is -2.25. The van der Waals surface area contributed by atoms with E-state index in [4.69, 9.17) is 4.74 Å². The van der Waals surface area contributed by atoms with Gasteiger partial charge in [-0.15, -0.1) is 0 Å². The molecule has 8 heteroatoms. The molecule has 1 amide bonds. The number of ether oxygens (including phenoxy) is 1. The van der Waals surface area contributed by atoms with Crippen molar-refractivity contribution in [1.29, 1.82) is 0 Å². The number of fused-ring (bicyclic) bond motifs is 1. The van der Waals surface area contributed by atoms with Crippen molar-refractivity contribution in [2.45, 2.75) is 38.8 Å². The molecule has 1 aromatic heterocycles. The van der Waals surface area contributed by atoms with Gasteiger partial charge in [-0.2, -0.15) is 0 Å². The lowest BCUT2D eigenvalue weighted by atomic mass is 10.00. The van der Waals surface area contributed by atoms with Gasteiger partial charge in [0.15, 0.2) is 0 Å². The molecule has 0 spiro atoms. The van der Waals surface area contributed by atoms with Crippen LogP contribution in [-0.4, -0.2) is 28.5 Å². The first-order chi connectivity index (χ1) is 15.3. The van der Waals surface area contributed by atoms with Gasteiger partial charge in [0, 0.05) is 4.47 Å². The molecular weight excluding hydrogens is 474 g/mol. The van der Waals surface area contributed by atoms with E-state index in [1.165, 1.54) is 18.0 Å². The van der Waals surface area contributed by atoms with Gasteiger partial charge in [0.25, 0.3) is 5.56 Å². The van der Waals surface area contributed by atoms with Crippen LogP contribution in [0.5, 0.6) is 0 Å². The normalized spacial score (nSPS) is 13.0. The first kappa shape index (κ1) is 23.7. The van der Waals surface area contributed by atoms with Crippen LogP contribution < -0.4 is 10.9 Å². The molecule has 0 bridgehead atoms. The number of nitrogens with zero attached hydrogens (tertiary/aromatic N) is 2. The molecule has 1 unspecified atom stereocenters. The van der Waals surface area contributed by atoms with Crippen molar-refractivity contribution in [3.63, 3.8) is 0 Å². The zero-order chi connectivity index (χ0) is 23.3. The summed E-state index contributed by atoms with van der Waals surface area (Å²) < 4.78 is 7.03. The minimum absolute atomic E-state index is 0.0298. The second kappa shape index (κ2) is 10.5. The molecule has 7 nitrogen and oxygen atoms in total. The van der Waals surface area contributed by atoms with Crippen molar-refractivity contribution >= 4 is 38.7 Å². The molecule has 0 aliphatic carbocycles. The third-order valence-corrected chi connectivity index (χ3v) is 5.68. The van der Waals surface area contributed by atoms with Crippen LogP contribution in [0.2, 0.25) is 0 Å². The van der Waals surface area contributed by atoms with Gasteiger partial charge in [0.1, 0.15) is 6.04 Å². The number of nitrogens with one attached hydrogen (secondary N) is 1. The summed E-state index contributed by atoms with van der Waals surface area (Å²) >= 11 is 3.43. The molecule has 1 heterocycles. The fourth-order valence-corrected chi connectivity index (χ4v) is 4.01. The Bertz CT molecular complexity index is 1180. The highest BCUT2D eigenvalue weighted by molar-refractivity contribution is 9.10. The molecule has 32 heavy (non-hydrogen) atoms. The summed E-state index contributed by atoms with van der Waals surface area (Å²) in [6, 6.07) is 13.0. The molecule has 1 N–H and O–H groups in total. The van der Waals surface area contributed by atoms with Crippen LogP contribution in [0.4, 0.5) is 0 Å².